The lowest BCUT2D eigenvalue weighted by molar-refractivity contribution is -0.0808. The van der Waals surface area contributed by atoms with Crippen LogP contribution in [0.2, 0.25) is 0 Å². The van der Waals surface area contributed by atoms with E-state index in [9.17, 15) is 0 Å². The summed E-state index contributed by atoms with van der Waals surface area (Å²) in [5.41, 5.74) is 0. The summed E-state index contributed by atoms with van der Waals surface area (Å²) in [6.07, 6.45) is 10.2. The molecule has 0 saturated heterocycles. The summed E-state index contributed by atoms with van der Waals surface area (Å²) in [6.45, 7) is 3.02. The average Bonchev–Trinajstić information content (AvgIpc) is 2.34. The van der Waals surface area contributed by atoms with Gasteiger partial charge < -0.3 is 15.5 Å². The van der Waals surface area contributed by atoms with E-state index in [0.717, 1.165) is 25.4 Å². The van der Waals surface area contributed by atoms with Crippen LogP contribution < -0.4 is 5.32 Å². The zero-order valence-electron chi connectivity index (χ0n) is 11.2. The van der Waals surface area contributed by atoms with Gasteiger partial charge in [0.25, 0.3) is 0 Å². The van der Waals surface area contributed by atoms with E-state index in [1.807, 2.05) is 6.92 Å². The van der Waals surface area contributed by atoms with Gasteiger partial charge in [0.15, 0.2) is 6.29 Å². The Hall–Kier alpha value is -0.120. The van der Waals surface area contributed by atoms with Gasteiger partial charge in [0, 0.05) is 12.0 Å². The van der Waals surface area contributed by atoms with Crippen LogP contribution in [0.25, 0.3) is 0 Å². The second kappa shape index (κ2) is 8.90. The first-order chi connectivity index (χ1) is 8.20. The van der Waals surface area contributed by atoms with Crippen LogP contribution in [0.3, 0.4) is 0 Å². The minimum atomic E-state index is -1.14. The summed E-state index contributed by atoms with van der Waals surface area (Å²) in [6, 6.07) is 0.766. The molecule has 0 aromatic heterocycles. The van der Waals surface area contributed by atoms with Crippen molar-refractivity contribution in [2.75, 3.05) is 6.54 Å². The van der Waals surface area contributed by atoms with Crippen molar-refractivity contribution < 1.29 is 10.2 Å². The zero-order chi connectivity index (χ0) is 12.5. The molecule has 1 aliphatic rings. The fourth-order valence-corrected chi connectivity index (χ4v) is 2.53. The van der Waals surface area contributed by atoms with Crippen LogP contribution in [0.1, 0.15) is 64.7 Å². The Balaban J connectivity index is 1.87. The average molecular weight is 243 g/mol. The molecule has 1 unspecified atom stereocenters. The Morgan fingerprint density at radius 2 is 1.76 bits per heavy atom. The summed E-state index contributed by atoms with van der Waals surface area (Å²) < 4.78 is 0. The van der Waals surface area contributed by atoms with Crippen molar-refractivity contribution in [2.24, 2.45) is 5.92 Å². The van der Waals surface area contributed by atoms with Gasteiger partial charge in [-0.2, -0.15) is 0 Å². The summed E-state index contributed by atoms with van der Waals surface area (Å²) in [4.78, 5) is 0. The van der Waals surface area contributed by atoms with Gasteiger partial charge >= 0.3 is 0 Å². The molecule has 1 rings (SSSR count). The predicted octanol–water partition coefficient (Wildman–Crippen LogP) is 2.42. The number of hydrogen-bond acceptors (Lipinski definition) is 3. The van der Waals surface area contributed by atoms with Crippen LogP contribution in [-0.4, -0.2) is 29.1 Å². The Labute approximate surface area is 106 Å². The monoisotopic (exact) mass is 243 g/mol. The van der Waals surface area contributed by atoms with Crippen LogP contribution in [-0.2, 0) is 0 Å². The van der Waals surface area contributed by atoms with E-state index in [1.54, 1.807) is 0 Å². The minimum absolute atomic E-state index is 0.0151. The van der Waals surface area contributed by atoms with Crippen LogP contribution >= 0.6 is 0 Å². The smallest absolute Gasteiger partial charge is 0.154 e. The summed E-state index contributed by atoms with van der Waals surface area (Å²) in [7, 11) is 0. The van der Waals surface area contributed by atoms with Crippen molar-refractivity contribution in [1.82, 2.24) is 5.32 Å². The van der Waals surface area contributed by atoms with Gasteiger partial charge in [-0.3, -0.25) is 0 Å². The molecule has 3 N–H and O–H groups in total. The molecule has 0 aromatic rings. The Morgan fingerprint density at radius 1 is 1.06 bits per heavy atom. The third-order valence-electron chi connectivity index (χ3n) is 3.88. The Kier molecular flexibility index (Phi) is 7.82. The SMILES string of the molecule is CC(CCCCCNC1CCCCC1)C(O)O. The van der Waals surface area contributed by atoms with Crippen molar-refractivity contribution in [2.45, 2.75) is 77.0 Å². The molecule has 0 aliphatic heterocycles. The first-order valence-electron chi connectivity index (χ1n) is 7.29. The molecular formula is C14H29NO2. The van der Waals surface area contributed by atoms with Gasteiger partial charge in [0.05, 0.1) is 0 Å². The van der Waals surface area contributed by atoms with Crippen molar-refractivity contribution in [3.63, 3.8) is 0 Å². The molecule has 3 heteroatoms. The Morgan fingerprint density at radius 3 is 2.41 bits per heavy atom. The van der Waals surface area contributed by atoms with Gasteiger partial charge in [-0.1, -0.05) is 39.0 Å². The highest BCUT2D eigenvalue weighted by Crippen LogP contribution is 2.17. The molecular weight excluding hydrogens is 214 g/mol. The quantitative estimate of drug-likeness (QED) is 0.453. The predicted molar refractivity (Wildman–Crippen MR) is 70.7 cm³/mol. The van der Waals surface area contributed by atoms with E-state index >= 15 is 0 Å². The second-order valence-corrected chi connectivity index (χ2v) is 5.53. The van der Waals surface area contributed by atoms with E-state index in [4.69, 9.17) is 10.2 Å². The first-order valence-corrected chi connectivity index (χ1v) is 7.29. The molecule has 1 fully saturated rings. The van der Waals surface area contributed by atoms with E-state index in [2.05, 4.69) is 5.32 Å². The molecule has 0 amide bonds. The summed E-state index contributed by atoms with van der Waals surface area (Å²) in [5, 5.41) is 21.5. The van der Waals surface area contributed by atoms with Gasteiger partial charge in [-0.05, 0) is 32.2 Å². The van der Waals surface area contributed by atoms with Crippen molar-refractivity contribution in [3.05, 3.63) is 0 Å². The normalized spacial score (nSPS) is 19.8. The minimum Gasteiger partial charge on any atom is -0.368 e. The maximum Gasteiger partial charge on any atom is 0.154 e. The Bertz CT molecular complexity index is 179. The highest BCUT2D eigenvalue weighted by atomic mass is 16.5. The fourth-order valence-electron chi connectivity index (χ4n) is 2.53. The molecule has 17 heavy (non-hydrogen) atoms. The van der Waals surface area contributed by atoms with Crippen LogP contribution in [0.15, 0.2) is 0 Å². The highest BCUT2D eigenvalue weighted by molar-refractivity contribution is 4.71. The number of unbranched alkanes of at least 4 members (excludes halogenated alkanes) is 2. The van der Waals surface area contributed by atoms with Crippen LogP contribution in [0.5, 0.6) is 0 Å². The number of rotatable bonds is 8. The molecule has 1 aliphatic carbocycles. The standard InChI is InChI=1S/C14H29NO2/c1-12(14(16)17)8-4-3-7-11-15-13-9-5-2-6-10-13/h12-17H,2-11H2,1H3. The number of hydrogen-bond donors (Lipinski definition) is 3. The fraction of sp³-hybridized carbons (Fsp3) is 1.00. The molecule has 1 saturated carbocycles. The third kappa shape index (κ3) is 7.02. The summed E-state index contributed by atoms with van der Waals surface area (Å²) in [5.74, 6) is 0.0151. The van der Waals surface area contributed by atoms with Crippen molar-refractivity contribution in [3.8, 4) is 0 Å². The molecule has 102 valence electrons. The third-order valence-corrected chi connectivity index (χ3v) is 3.88. The maximum atomic E-state index is 8.94. The molecule has 0 radical (unpaired) electrons. The van der Waals surface area contributed by atoms with Crippen LogP contribution in [0, 0.1) is 5.92 Å². The number of aliphatic hydroxyl groups is 2. The molecule has 3 nitrogen and oxygen atoms in total. The van der Waals surface area contributed by atoms with Gasteiger partial charge in [-0.15, -0.1) is 0 Å². The van der Waals surface area contributed by atoms with Gasteiger partial charge in [0.1, 0.15) is 0 Å². The lowest BCUT2D eigenvalue weighted by Gasteiger charge is -2.22. The topological polar surface area (TPSA) is 52.5 Å². The molecule has 1 atom stereocenters. The molecule has 0 bridgehead atoms. The lowest BCUT2D eigenvalue weighted by atomic mass is 9.95. The van der Waals surface area contributed by atoms with Gasteiger partial charge in [0.2, 0.25) is 0 Å². The summed E-state index contributed by atoms with van der Waals surface area (Å²) >= 11 is 0. The largest absolute Gasteiger partial charge is 0.368 e. The number of nitrogens with one attached hydrogen (secondary N) is 1. The second-order valence-electron chi connectivity index (χ2n) is 5.53. The van der Waals surface area contributed by atoms with E-state index in [-0.39, 0.29) is 5.92 Å². The maximum absolute atomic E-state index is 8.94. The number of aliphatic hydroxyl groups excluding tert-OH is 1. The first kappa shape index (κ1) is 14.9. The van der Waals surface area contributed by atoms with Crippen molar-refractivity contribution >= 4 is 0 Å². The lowest BCUT2D eigenvalue weighted by Crippen LogP contribution is -2.31. The zero-order valence-corrected chi connectivity index (χ0v) is 11.2. The van der Waals surface area contributed by atoms with E-state index in [1.165, 1.54) is 44.9 Å². The molecule has 0 heterocycles. The highest BCUT2D eigenvalue weighted by Gasteiger charge is 2.12. The van der Waals surface area contributed by atoms with Crippen molar-refractivity contribution in [1.29, 1.82) is 0 Å². The molecule has 0 spiro atoms. The van der Waals surface area contributed by atoms with Crippen LogP contribution in [0.4, 0.5) is 0 Å². The van der Waals surface area contributed by atoms with E-state index in [0.29, 0.717) is 0 Å². The van der Waals surface area contributed by atoms with E-state index < -0.39 is 6.29 Å². The van der Waals surface area contributed by atoms with Gasteiger partial charge in [-0.25, -0.2) is 0 Å². The molecule has 0 aromatic carbocycles.